The summed E-state index contributed by atoms with van der Waals surface area (Å²) in [4.78, 5) is 0. The molecule has 1 saturated heterocycles. The molecule has 45 heavy (non-hydrogen) atoms. The highest BCUT2D eigenvalue weighted by molar-refractivity contribution is 9.09. The van der Waals surface area contributed by atoms with Crippen LogP contribution in [0.15, 0.2) is 133 Å². The third-order valence-electron chi connectivity index (χ3n) is 7.45. The topological polar surface area (TPSA) is 55.4 Å². The molecule has 5 atom stereocenters. The molecular weight excluding hydrogens is 632 g/mol. The predicted molar refractivity (Wildman–Crippen MR) is 179 cm³/mol. The normalized spacial score (nSPS) is 21.7. The minimum Gasteiger partial charge on any atom is -0.374 e. The lowest BCUT2D eigenvalue weighted by molar-refractivity contribution is -0.326. The average Bonchev–Trinajstić information content (AvgIpc) is 3.10. The zero-order valence-corrected chi connectivity index (χ0v) is 27.0. The van der Waals surface area contributed by atoms with Crippen molar-refractivity contribution in [3.63, 3.8) is 0 Å². The number of alkyl halides is 1. The second kappa shape index (κ2) is 18.7. The van der Waals surface area contributed by atoms with Gasteiger partial charge in [-0.2, -0.15) is 0 Å². The van der Waals surface area contributed by atoms with E-state index in [0.29, 0.717) is 39.6 Å². The standard InChI is InChI=1S/C38H41BrO6/c39-23-13-14-24-41-38-37(44-28-33-21-11-4-12-22-33)36(43-27-32-19-9-3-10-20-32)35(42-26-31-17-7-2-8-18-31)34(45-38)29-40-25-30-15-5-1-6-16-30/h1-22,34-38H,23-29H2/b14-13+/t34-,35+,36+,37-,38-/m1/s1. The molecular formula is C38H41BrO6. The first-order valence-corrected chi connectivity index (χ1v) is 16.5. The van der Waals surface area contributed by atoms with Gasteiger partial charge in [-0.15, -0.1) is 0 Å². The molecule has 0 saturated carbocycles. The van der Waals surface area contributed by atoms with Crippen LogP contribution in [-0.2, 0) is 54.8 Å². The molecule has 7 heteroatoms. The molecule has 236 valence electrons. The smallest absolute Gasteiger partial charge is 0.187 e. The van der Waals surface area contributed by atoms with Crippen molar-refractivity contribution >= 4 is 15.9 Å². The van der Waals surface area contributed by atoms with E-state index in [4.69, 9.17) is 28.4 Å². The molecule has 0 N–H and O–H groups in total. The Hall–Kier alpha value is -3.14. The Morgan fingerprint density at radius 3 is 1.44 bits per heavy atom. The van der Waals surface area contributed by atoms with E-state index in [0.717, 1.165) is 27.6 Å². The lowest BCUT2D eigenvalue weighted by Gasteiger charge is -2.45. The fraction of sp³-hybridized carbons (Fsp3) is 0.316. The zero-order valence-electron chi connectivity index (χ0n) is 25.4. The number of benzene rings is 4. The van der Waals surface area contributed by atoms with E-state index >= 15 is 0 Å². The zero-order chi connectivity index (χ0) is 30.9. The first-order valence-electron chi connectivity index (χ1n) is 15.4. The third-order valence-corrected chi connectivity index (χ3v) is 7.83. The van der Waals surface area contributed by atoms with Crippen molar-refractivity contribution in [2.45, 2.75) is 57.1 Å². The van der Waals surface area contributed by atoms with Crippen LogP contribution in [0.4, 0.5) is 0 Å². The molecule has 1 fully saturated rings. The van der Waals surface area contributed by atoms with Crippen molar-refractivity contribution in [2.75, 3.05) is 18.5 Å². The Kier molecular flexibility index (Phi) is 13.8. The highest BCUT2D eigenvalue weighted by Crippen LogP contribution is 2.31. The first-order chi connectivity index (χ1) is 22.3. The van der Waals surface area contributed by atoms with Crippen LogP contribution in [-0.4, -0.2) is 49.2 Å². The Labute approximate surface area is 275 Å². The summed E-state index contributed by atoms with van der Waals surface area (Å²) in [6.07, 6.45) is 1.20. The molecule has 6 nitrogen and oxygen atoms in total. The Morgan fingerprint density at radius 1 is 0.511 bits per heavy atom. The van der Waals surface area contributed by atoms with E-state index in [1.807, 2.05) is 109 Å². The Bertz CT molecular complexity index is 1370. The van der Waals surface area contributed by atoms with Gasteiger partial charge in [0.05, 0.1) is 39.6 Å². The highest BCUT2D eigenvalue weighted by Gasteiger charge is 2.49. The summed E-state index contributed by atoms with van der Waals surface area (Å²) < 4.78 is 39.2. The van der Waals surface area contributed by atoms with Crippen LogP contribution in [0.2, 0.25) is 0 Å². The van der Waals surface area contributed by atoms with Gasteiger partial charge >= 0.3 is 0 Å². The van der Waals surface area contributed by atoms with E-state index in [2.05, 4.69) is 40.2 Å². The SMILES string of the molecule is BrC/C=C/CO[C@@H]1O[C@H](COCc2ccccc2)[C@H](OCc2ccccc2)[C@H](OCc2ccccc2)[C@H]1OCc1ccccc1. The Balaban J connectivity index is 1.42. The lowest BCUT2D eigenvalue weighted by Crippen LogP contribution is -2.61. The molecule has 5 rings (SSSR count). The third kappa shape index (κ3) is 10.7. The molecule has 1 aliphatic heterocycles. The van der Waals surface area contributed by atoms with Crippen LogP contribution >= 0.6 is 15.9 Å². The van der Waals surface area contributed by atoms with Gasteiger partial charge in [-0.1, -0.05) is 149 Å². The van der Waals surface area contributed by atoms with E-state index < -0.39 is 30.7 Å². The van der Waals surface area contributed by atoms with E-state index in [1.165, 1.54) is 0 Å². The number of halogens is 1. The number of allylic oxidation sites excluding steroid dienone is 1. The monoisotopic (exact) mass is 672 g/mol. The van der Waals surface area contributed by atoms with Gasteiger partial charge in [0, 0.05) is 5.33 Å². The van der Waals surface area contributed by atoms with E-state index in [-0.39, 0.29) is 0 Å². The molecule has 1 aliphatic rings. The van der Waals surface area contributed by atoms with Crippen molar-refractivity contribution in [2.24, 2.45) is 0 Å². The van der Waals surface area contributed by atoms with E-state index in [1.54, 1.807) is 0 Å². The largest absolute Gasteiger partial charge is 0.374 e. The second-order valence-electron chi connectivity index (χ2n) is 10.8. The van der Waals surface area contributed by atoms with Crippen molar-refractivity contribution in [3.8, 4) is 0 Å². The van der Waals surface area contributed by atoms with Crippen LogP contribution in [0.3, 0.4) is 0 Å². The van der Waals surface area contributed by atoms with Crippen LogP contribution in [0.1, 0.15) is 22.3 Å². The molecule has 4 aromatic carbocycles. The number of rotatable bonds is 17. The summed E-state index contributed by atoms with van der Waals surface area (Å²) in [5.41, 5.74) is 4.25. The molecule has 0 aromatic heterocycles. The summed E-state index contributed by atoms with van der Waals surface area (Å²) >= 11 is 3.44. The quantitative estimate of drug-likeness (QED) is 0.0848. The van der Waals surface area contributed by atoms with Crippen LogP contribution in [0, 0.1) is 0 Å². The van der Waals surface area contributed by atoms with Gasteiger partial charge in [0.1, 0.15) is 24.4 Å². The van der Waals surface area contributed by atoms with Gasteiger partial charge in [-0.05, 0) is 22.3 Å². The number of hydrogen-bond acceptors (Lipinski definition) is 6. The Morgan fingerprint density at radius 2 is 0.956 bits per heavy atom. The van der Waals surface area contributed by atoms with Crippen molar-refractivity contribution in [3.05, 3.63) is 156 Å². The predicted octanol–water partition coefficient (Wildman–Crippen LogP) is 7.65. The molecule has 0 spiro atoms. The summed E-state index contributed by atoms with van der Waals surface area (Å²) in [7, 11) is 0. The molecule has 4 aromatic rings. The maximum atomic E-state index is 6.73. The van der Waals surface area contributed by atoms with Crippen LogP contribution in [0.25, 0.3) is 0 Å². The van der Waals surface area contributed by atoms with Crippen molar-refractivity contribution < 1.29 is 28.4 Å². The lowest BCUT2D eigenvalue weighted by atomic mass is 9.97. The summed E-state index contributed by atoms with van der Waals surface area (Å²) in [5.74, 6) is 0. The van der Waals surface area contributed by atoms with Gasteiger partial charge in [-0.25, -0.2) is 0 Å². The highest BCUT2D eigenvalue weighted by atomic mass is 79.9. The molecule has 1 heterocycles. The maximum absolute atomic E-state index is 6.73. The maximum Gasteiger partial charge on any atom is 0.187 e. The first kappa shape index (κ1) is 33.2. The van der Waals surface area contributed by atoms with Gasteiger partial charge in [0.15, 0.2) is 6.29 Å². The van der Waals surface area contributed by atoms with Gasteiger partial charge in [-0.3, -0.25) is 0 Å². The molecule has 0 amide bonds. The average molecular weight is 674 g/mol. The van der Waals surface area contributed by atoms with Gasteiger partial charge in [0.2, 0.25) is 0 Å². The van der Waals surface area contributed by atoms with Crippen molar-refractivity contribution in [1.82, 2.24) is 0 Å². The van der Waals surface area contributed by atoms with Crippen LogP contribution < -0.4 is 0 Å². The molecule has 0 aliphatic carbocycles. The van der Waals surface area contributed by atoms with Crippen LogP contribution in [0.5, 0.6) is 0 Å². The second-order valence-corrected chi connectivity index (χ2v) is 11.4. The summed E-state index contributed by atoms with van der Waals surface area (Å²) in [6.45, 7) is 2.25. The molecule has 0 unspecified atom stereocenters. The van der Waals surface area contributed by atoms with Crippen molar-refractivity contribution in [1.29, 1.82) is 0 Å². The number of ether oxygens (including phenoxy) is 6. The molecule has 0 bridgehead atoms. The van der Waals surface area contributed by atoms with E-state index in [9.17, 15) is 0 Å². The molecule has 0 radical (unpaired) electrons. The minimum atomic E-state index is -0.712. The van der Waals surface area contributed by atoms with Gasteiger partial charge < -0.3 is 28.4 Å². The fourth-order valence-corrected chi connectivity index (χ4v) is 5.43. The minimum absolute atomic E-state index is 0.294. The fourth-order valence-electron chi connectivity index (χ4n) is 5.16. The number of hydrogen-bond donors (Lipinski definition) is 0. The summed E-state index contributed by atoms with van der Waals surface area (Å²) in [5, 5.41) is 0.740. The van der Waals surface area contributed by atoms with Gasteiger partial charge in [0.25, 0.3) is 0 Å². The summed E-state index contributed by atoms with van der Waals surface area (Å²) in [6, 6.07) is 40.5.